The van der Waals surface area contributed by atoms with E-state index in [0.717, 1.165) is 0 Å². The summed E-state index contributed by atoms with van der Waals surface area (Å²) in [7, 11) is 0. The molecule has 3 heterocycles. The molecule has 9 rings (SSSR count). The van der Waals surface area contributed by atoms with Gasteiger partial charge in [-0.3, -0.25) is 0 Å². The van der Waals surface area contributed by atoms with Crippen LogP contribution < -0.4 is 0 Å². The molecule has 2 aromatic heterocycles. The van der Waals surface area contributed by atoms with Gasteiger partial charge in [-0.15, -0.1) is 11.8 Å². The molecule has 2 aliphatic rings. The minimum Gasteiger partial charge on any atom is -0.312 e. The molecule has 184 valence electrons. The van der Waals surface area contributed by atoms with E-state index in [-0.39, 0.29) is 0 Å². The SMILES string of the molecule is C1=CC2c3cccc(-n4c5ccccc5c5ccccc54)c3SC2C(n2c3ccccc3c3ccccc32)=C1. The Labute approximate surface area is 230 Å². The van der Waals surface area contributed by atoms with Gasteiger partial charge in [-0.1, -0.05) is 97.1 Å². The average Bonchev–Trinajstić information content (AvgIpc) is 3.65. The van der Waals surface area contributed by atoms with Crippen LogP contribution in [0.2, 0.25) is 0 Å². The van der Waals surface area contributed by atoms with E-state index >= 15 is 0 Å². The van der Waals surface area contributed by atoms with Crippen molar-refractivity contribution in [2.75, 3.05) is 0 Å². The second-order valence-electron chi connectivity index (χ2n) is 10.5. The van der Waals surface area contributed by atoms with E-state index in [1.807, 2.05) is 11.8 Å². The van der Waals surface area contributed by atoms with Gasteiger partial charge in [-0.2, -0.15) is 0 Å². The molecule has 5 aromatic carbocycles. The molecule has 39 heavy (non-hydrogen) atoms. The lowest BCUT2D eigenvalue weighted by Gasteiger charge is -2.25. The van der Waals surface area contributed by atoms with Crippen LogP contribution in [0.3, 0.4) is 0 Å². The van der Waals surface area contributed by atoms with Gasteiger partial charge in [-0.05, 0) is 42.0 Å². The number of hydrogen-bond acceptors (Lipinski definition) is 1. The summed E-state index contributed by atoms with van der Waals surface area (Å²) in [6.07, 6.45) is 7.00. The fourth-order valence-corrected chi connectivity index (χ4v) is 8.44. The Kier molecular flexibility index (Phi) is 4.41. The van der Waals surface area contributed by atoms with E-state index < -0.39 is 0 Å². The van der Waals surface area contributed by atoms with Crippen molar-refractivity contribution in [3.05, 3.63) is 139 Å². The van der Waals surface area contributed by atoms with Crippen molar-refractivity contribution in [2.45, 2.75) is 16.1 Å². The molecule has 0 radical (unpaired) electrons. The second kappa shape index (κ2) is 8.02. The molecule has 2 nitrogen and oxygen atoms in total. The first-order valence-electron chi connectivity index (χ1n) is 13.5. The summed E-state index contributed by atoms with van der Waals surface area (Å²) < 4.78 is 4.98. The van der Waals surface area contributed by atoms with Gasteiger partial charge in [0, 0.05) is 38.1 Å². The summed E-state index contributed by atoms with van der Waals surface area (Å²) in [6, 6.07) is 42.1. The van der Waals surface area contributed by atoms with Gasteiger partial charge in [-0.25, -0.2) is 0 Å². The largest absolute Gasteiger partial charge is 0.312 e. The van der Waals surface area contributed by atoms with Crippen LogP contribution in [0, 0.1) is 0 Å². The Hall–Kier alpha value is -4.47. The Bertz CT molecular complexity index is 2070. The molecule has 0 saturated carbocycles. The summed E-state index contributed by atoms with van der Waals surface area (Å²) in [6.45, 7) is 0. The van der Waals surface area contributed by atoms with Gasteiger partial charge in [0.05, 0.1) is 33.0 Å². The Morgan fingerprint density at radius 3 is 1.59 bits per heavy atom. The number of fused-ring (bicyclic) bond motifs is 9. The van der Waals surface area contributed by atoms with Crippen molar-refractivity contribution in [3.63, 3.8) is 0 Å². The molecular formula is C36H24N2S. The molecule has 3 heteroatoms. The number of para-hydroxylation sites is 4. The maximum absolute atomic E-state index is 2.50. The number of rotatable bonds is 2. The molecule has 0 spiro atoms. The third-order valence-corrected chi connectivity index (χ3v) is 9.96. The molecule has 1 aliphatic carbocycles. The standard InChI is InChI=1S/C36H24N2S/c1-5-17-29-23(11-1)24-12-2-6-18-30(24)37(29)33-21-9-15-27-28-16-10-22-34(36(28)39-35(27)33)38-31-19-7-3-13-25(31)26-14-4-8-20-32(26)38/h1-22,27,35H. The van der Waals surface area contributed by atoms with E-state index in [1.165, 1.54) is 65.5 Å². The molecule has 2 atom stereocenters. The number of nitrogens with zero attached hydrogens (tertiary/aromatic N) is 2. The van der Waals surface area contributed by atoms with Gasteiger partial charge in [0.25, 0.3) is 0 Å². The van der Waals surface area contributed by atoms with E-state index in [2.05, 4.69) is 143 Å². The predicted molar refractivity (Wildman–Crippen MR) is 166 cm³/mol. The number of allylic oxidation sites excluding steroid dienone is 3. The van der Waals surface area contributed by atoms with Gasteiger partial charge >= 0.3 is 0 Å². The zero-order valence-corrected chi connectivity index (χ0v) is 22.0. The number of aromatic nitrogens is 2. The van der Waals surface area contributed by atoms with Crippen LogP contribution in [0.1, 0.15) is 11.5 Å². The molecule has 0 bridgehead atoms. The van der Waals surface area contributed by atoms with Crippen LogP contribution in [0.4, 0.5) is 0 Å². The molecule has 2 unspecified atom stereocenters. The third-order valence-electron chi connectivity index (χ3n) is 8.49. The van der Waals surface area contributed by atoms with Gasteiger partial charge in [0.2, 0.25) is 0 Å². The molecule has 0 N–H and O–H groups in total. The van der Waals surface area contributed by atoms with Crippen LogP contribution in [0.25, 0.3) is 55.0 Å². The van der Waals surface area contributed by atoms with Crippen molar-refractivity contribution in [1.82, 2.24) is 9.13 Å². The molecule has 0 fully saturated rings. The van der Waals surface area contributed by atoms with E-state index in [0.29, 0.717) is 11.2 Å². The number of benzene rings is 5. The lowest BCUT2D eigenvalue weighted by Crippen LogP contribution is -2.17. The Balaban J connectivity index is 1.26. The fraction of sp³-hybridized carbons (Fsp3) is 0.0556. The number of thioether (sulfide) groups is 1. The molecular weight excluding hydrogens is 492 g/mol. The quantitative estimate of drug-likeness (QED) is 0.222. The second-order valence-corrected chi connectivity index (χ2v) is 11.6. The third kappa shape index (κ3) is 2.88. The summed E-state index contributed by atoms with van der Waals surface area (Å²) in [4.78, 5) is 1.39. The number of hydrogen-bond donors (Lipinski definition) is 0. The van der Waals surface area contributed by atoms with Gasteiger partial charge in [0.15, 0.2) is 0 Å². The van der Waals surface area contributed by atoms with Gasteiger partial charge < -0.3 is 9.13 Å². The summed E-state index contributed by atoms with van der Waals surface area (Å²) >= 11 is 2.02. The molecule has 1 aliphatic heterocycles. The lowest BCUT2D eigenvalue weighted by molar-refractivity contribution is 0.860. The zero-order valence-electron chi connectivity index (χ0n) is 21.2. The maximum atomic E-state index is 2.50. The molecule has 0 saturated heterocycles. The highest BCUT2D eigenvalue weighted by atomic mass is 32.2. The van der Waals surface area contributed by atoms with Crippen molar-refractivity contribution in [1.29, 1.82) is 0 Å². The first kappa shape index (κ1) is 21.5. The van der Waals surface area contributed by atoms with E-state index in [4.69, 9.17) is 0 Å². The average molecular weight is 517 g/mol. The van der Waals surface area contributed by atoms with Gasteiger partial charge in [0.1, 0.15) is 0 Å². The van der Waals surface area contributed by atoms with Crippen molar-refractivity contribution in [2.24, 2.45) is 0 Å². The smallest absolute Gasteiger partial charge is 0.0605 e. The minimum absolute atomic E-state index is 0.304. The van der Waals surface area contributed by atoms with Crippen LogP contribution in [-0.2, 0) is 0 Å². The summed E-state index contributed by atoms with van der Waals surface area (Å²) in [5.74, 6) is 0.331. The van der Waals surface area contributed by atoms with Crippen LogP contribution in [0.5, 0.6) is 0 Å². The topological polar surface area (TPSA) is 9.86 Å². The highest BCUT2D eigenvalue weighted by molar-refractivity contribution is 8.00. The van der Waals surface area contributed by atoms with E-state index in [1.54, 1.807) is 0 Å². The summed E-state index contributed by atoms with van der Waals surface area (Å²) in [5.41, 5.74) is 9.13. The van der Waals surface area contributed by atoms with Crippen molar-refractivity contribution >= 4 is 61.1 Å². The van der Waals surface area contributed by atoms with Crippen LogP contribution in [-0.4, -0.2) is 14.4 Å². The molecule has 7 aromatic rings. The Morgan fingerprint density at radius 2 is 1.03 bits per heavy atom. The highest BCUT2D eigenvalue weighted by Gasteiger charge is 2.38. The predicted octanol–water partition coefficient (Wildman–Crippen LogP) is 9.56. The van der Waals surface area contributed by atoms with Crippen molar-refractivity contribution < 1.29 is 0 Å². The summed E-state index contributed by atoms with van der Waals surface area (Å²) in [5, 5.41) is 5.53. The highest BCUT2D eigenvalue weighted by Crippen LogP contribution is 2.55. The van der Waals surface area contributed by atoms with Crippen LogP contribution >= 0.6 is 11.8 Å². The Morgan fingerprint density at radius 1 is 0.513 bits per heavy atom. The normalized spacial score (nSPS) is 18.2. The minimum atomic E-state index is 0.304. The molecule has 0 amide bonds. The fourth-order valence-electron chi connectivity index (χ4n) is 6.87. The monoisotopic (exact) mass is 516 g/mol. The maximum Gasteiger partial charge on any atom is 0.0605 e. The van der Waals surface area contributed by atoms with Crippen molar-refractivity contribution in [3.8, 4) is 5.69 Å². The van der Waals surface area contributed by atoms with E-state index in [9.17, 15) is 0 Å². The first-order valence-corrected chi connectivity index (χ1v) is 14.4. The zero-order chi connectivity index (χ0) is 25.5. The van der Waals surface area contributed by atoms with Crippen LogP contribution in [0.15, 0.2) is 138 Å². The first-order chi connectivity index (χ1) is 19.4. The lowest BCUT2D eigenvalue weighted by atomic mass is 9.90.